The molecule has 0 radical (unpaired) electrons. The van der Waals surface area contributed by atoms with Gasteiger partial charge in [0.25, 0.3) is 5.91 Å². The number of rotatable bonds is 3. The third kappa shape index (κ3) is 2.90. The number of hydrogen-bond donors (Lipinski definition) is 2. The molecule has 0 bridgehead atoms. The summed E-state index contributed by atoms with van der Waals surface area (Å²) >= 11 is 4.82. The van der Waals surface area contributed by atoms with Gasteiger partial charge in [-0.1, -0.05) is 11.3 Å². The molecule has 3 rings (SSSR count). The van der Waals surface area contributed by atoms with Crippen LogP contribution < -0.4 is 15.8 Å². The van der Waals surface area contributed by atoms with E-state index in [1.165, 1.54) is 11.3 Å². The van der Waals surface area contributed by atoms with Gasteiger partial charge in [0.2, 0.25) is 0 Å². The number of nitrogens with zero attached hydrogens (tertiary/aromatic N) is 1. The Kier molecular flexibility index (Phi) is 4.00. The minimum atomic E-state index is -0.189. The molecule has 1 aromatic heterocycles. The molecule has 2 aromatic carbocycles. The summed E-state index contributed by atoms with van der Waals surface area (Å²) in [7, 11) is 1.59. The fourth-order valence-corrected chi connectivity index (χ4v) is 3.50. The Bertz CT molecular complexity index is 846. The molecule has 0 aliphatic carbocycles. The molecule has 0 unspecified atom stereocenters. The number of benzene rings is 2. The first-order valence-corrected chi connectivity index (χ1v) is 7.99. The number of thiazole rings is 1. The van der Waals surface area contributed by atoms with Gasteiger partial charge in [0, 0.05) is 15.7 Å². The molecule has 0 saturated carbocycles. The number of methoxy groups -OCH3 is 1. The van der Waals surface area contributed by atoms with Gasteiger partial charge in [-0.05, 0) is 52.3 Å². The van der Waals surface area contributed by atoms with Crippen LogP contribution in [-0.4, -0.2) is 18.0 Å². The predicted octanol–water partition coefficient (Wildman–Crippen LogP) is 3.90. The Morgan fingerprint density at radius 3 is 2.73 bits per heavy atom. The molecule has 5 nitrogen and oxygen atoms in total. The predicted molar refractivity (Wildman–Crippen MR) is 92.7 cm³/mol. The van der Waals surface area contributed by atoms with Crippen molar-refractivity contribution in [1.29, 1.82) is 0 Å². The van der Waals surface area contributed by atoms with Crippen molar-refractivity contribution in [2.24, 2.45) is 0 Å². The minimum absolute atomic E-state index is 0.189. The largest absolute Gasteiger partial charge is 0.497 e. The van der Waals surface area contributed by atoms with E-state index in [1.807, 2.05) is 12.1 Å². The van der Waals surface area contributed by atoms with Crippen molar-refractivity contribution in [3.8, 4) is 5.75 Å². The molecule has 22 heavy (non-hydrogen) atoms. The van der Waals surface area contributed by atoms with Crippen LogP contribution in [0.1, 0.15) is 10.4 Å². The Morgan fingerprint density at radius 1 is 1.32 bits per heavy atom. The highest BCUT2D eigenvalue weighted by Gasteiger charge is 2.11. The van der Waals surface area contributed by atoms with Crippen molar-refractivity contribution in [3.63, 3.8) is 0 Å². The normalized spacial score (nSPS) is 10.6. The highest BCUT2D eigenvalue weighted by atomic mass is 79.9. The summed E-state index contributed by atoms with van der Waals surface area (Å²) in [4.78, 5) is 16.5. The number of ether oxygens (including phenoxy) is 1. The highest BCUT2D eigenvalue weighted by molar-refractivity contribution is 9.10. The lowest BCUT2D eigenvalue weighted by Gasteiger charge is -2.07. The first kappa shape index (κ1) is 14.8. The van der Waals surface area contributed by atoms with E-state index in [9.17, 15) is 4.79 Å². The van der Waals surface area contributed by atoms with Crippen LogP contribution in [0.15, 0.2) is 40.9 Å². The molecule has 0 aliphatic heterocycles. The van der Waals surface area contributed by atoms with Crippen LogP contribution in [0.2, 0.25) is 0 Å². The molecule has 112 valence electrons. The second-order valence-electron chi connectivity index (χ2n) is 4.54. The quantitative estimate of drug-likeness (QED) is 0.725. The monoisotopic (exact) mass is 377 g/mol. The summed E-state index contributed by atoms with van der Waals surface area (Å²) in [5, 5.41) is 3.36. The van der Waals surface area contributed by atoms with Crippen LogP contribution in [0, 0.1) is 0 Å². The number of fused-ring (bicyclic) bond motifs is 1. The lowest BCUT2D eigenvalue weighted by Crippen LogP contribution is -2.11. The van der Waals surface area contributed by atoms with E-state index in [4.69, 9.17) is 10.5 Å². The number of nitrogens with one attached hydrogen (secondary N) is 1. The summed E-state index contributed by atoms with van der Waals surface area (Å²) in [5.41, 5.74) is 7.75. The summed E-state index contributed by atoms with van der Waals surface area (Å²) in [6.45, 7) is 0. The van der Waals surface area contributed by atoms with Gasteiger partial charge < -0.3 is 15.8 Å². The smallest absolute Gasteiger partial charge is 0.255 e. The van der Waals surface area contributed by atoms with Crippen molar-refractivity contribution in [3.05, 3.63) is 46.4 Å². The molecule has 0 atom stereocenters. The molecule has 3 aromatic rings. The van der Waals surface area contributed by atoms with E-state index < -0.39 is 0 Å². The molecule has 1 heterocycles. The van der Waals surface area contributed by atoms with E-state index >= 15 is 0 Å². The zero-order chi connectivity index (χ0) is 15.7. The molecule has 3 N–H and O–H groups in total. The van der Waals surface area contributed by atoms with E-state index in [2.05, 4.69) is 26.2 Å². The molecule has 0 spiro atoms. The average molecular weight is 378 g/mol. The maximum absolute atomic E-state index is 12.3. The van der Waals surface area contributed by atoms with Crippen LogP contribution in [0.25, 0.3) is 10.2 Å². The van der Waals surface area contributed by atoms with Crippen molar-refractivity contribution in [1.82, 2.24) is 4.98 Å². The molecule has 1 amide bonds. The fourth-order valence-electron chi connectivity index (χ4n) is 2.02. The van der Waals surface area contributed by atoms with Gasteiger partial charge in [-0.3, -0.25) is 4.79 Å². The Balaban J connectivity index is 1.86. The fraction of sp³-hybridized carbons (Fsp3) is 0.0667. The number of carbonyl (C=O) groups is 1. The second-order valence-corrected chi connectivity index (χ2v) is 6.46. The van der Waals surface area contributed by atoms with Crippen LogP contribution in [0.3, 0.4) is 0 Å². The molecule has 7 heteroatoms. The molecular weight excluding hydrogens is 366 g/mol. The van der Waals surface area contributed by atoms with Crippen LogP contribution >= 0.6 is 27.3 Å². The lowest BCUT2D eigenvalue weighted by molar-refractivity contribution is 0.102. The van der Waals surface area contributed by atoms with Gasteiger partial charge >= 0.3 is 0 Å². The third-order valence-electron chi connectivity index (χ3n) is 3.08. The number of anilines is 2. The average Bonchev–Trinajstić information content (AvgIpc) is 2.88. The highest BCUT2D eigenvalue weighted by Crippen LogP contribution is 2.33. The Hall–Kier alpha value is -2.12. The van der Waals surface area contributed by atoms with Gasteiger partial charge in [0.05, 0.1) is 17.3 Å². The summed E-state index contributed by atoms with van der Waals surface area (Å²) in [6, 6.07) is 10.6. The summed E-state index contributed by atoms with van der Waals surface area (Å²) in [5.74, 6) is 0.521. The molecule has 0 fully saturated rings. The first-order valence-electron chi connectivity index (χ1n) is 6.38. The zero-order valence-corrected chi connectivity index (χ0v) is 14.0. The standard InChI is InChI=1S/C15H12BrN3O2S/c1-21-10-4-2-8(3-5-10)14(20)18-9-6-11(16)13-12(7-9)22-15(17)19-13/h2-7H,1H3,(H2,17,19)(H,18,20). The SMILES string of the molecule is COc1ccc(C(=O)Nc2cc(Br)c3nc(N)sc3c2)cc1. The number of carbonyl (C=O) groups excluding carboxylic acids is 1. The Morgan fingerprint density at radius 2 is 2.05 bits per heavy atom. The van der Waals surface area contributed by atoms with Crippen molar-refractivity contribution in [2.75, 3.05) is 18.2 Å². The number of amides is 1. The van der Waals surface area contributed by atoms with E-state index in [0.717, 1.165) is 14.7 Å². The third-order valence-corrected chi connectivity index (χ3v) is 4.51. The second kappa shape index (κ2) is 5.94. The molecule has 0 saturated heterocycles. The number of hydrogen-bond acceptors (Lipinski definition) is 5. The lowest BCUT2D eigenvalue weighted by atomic mass is 10.2. The van der Waals surface area contributed by atoms with Gasteiger partial charge in [0.1, 0.15) is 5.75 Å². The number of nitrogens with two attached hydrogens (primary N) is 1. The van der Waals surface area contributed by atoms with Gasteiger partial charge in [0.15, 0.2) is 5.13 Å². The first-order chi connectivity index (χ1) is 10.6. The van der Waals surface area contributed by atoms with Crippen LogP contribution in [0.5, 0.6) is 5.75 Å². The van der Waals surface area contributed by atoms with Crippen molar-refractivity contribution < 1.29 is 9.53 Å². The molecular formula is C15H12BrN3O2S. The van der Waals surface area contributed by atoms with E-state index in [-0.39, 0.29) is 5.91 Å². The summed E-state index contributed by atoms with van der Waals surface area (Å²) in [6.07, 6.45) is 0. The number of nitrogen functional groups attached to an aromatic ring is 1. The van der Waals surface area contributed by atoms with E-state index in [0.29, 0.717) is 22.1 Å². The minimum Gasteiger partial charge on any atom is -0.497 e. The number of aromatic nitrogens is 1. The van der Waals surface area contributed by atoms with Crippen LogP contribution in [0.4, 0.5) is 10.8 Å². The van der Waals surface area contributed by atoms with Gasteiger partial charge in [-0.25, -0.2) is 4.98 Å². The van der Waals surface area contributed by atoms with E-state index in [1.54, 1.807) is 31.4 Å². The maximum atomic E-state index is 12.3. The van der Waals surface area contributed by atoms with Crippen molar-refractivity contribution >= 4 is 54.2 Å². The molecule has 0 aliphatic rings. The maximum Gasteiger partial charge on any atom is 0.255 e. The van der Waals surface area contributed by atoms with Crippen molar-refractivity contribution in [2.45, 2.75) is 0 Å². The number of halogens is 1. The topological polar surface area (TPSA) is 77.2 Å². The van der Waals surface area contributed by atoms with Gasteiger partial charge in [-0.15, -0.1) is 0 Å². The summed E-state index contributed by atoms with van der Waals surface area (Å²) < 4.78 is 6.79. The Labute approximate surface area is 139 Å². The zero-order valence-electron chi connectivity index (χ0n) is 11.6. The van der Waals surface area contributed by atoms with Crippen LogP contribution in [-0.2, 0) is 0 Å². The van der Waals surface area contributed by atoms with Gasteiger partial charge in [-0.2, -0.15) is 0 Å².